The lowest BCUT2D eigenvalue weighted by molar-refractivity contribution is -0.144. The number of nitrogens with zero attached hydrogens (tertiary/aromatic N) is 3. The molecule has 0 aliphatic heterocycles. The van der Waals surface area contributed by atoms with Crippen LogP contribution in [0.3, 0.4) is 0 Å². The molecule has 0 saturated heterocycles. The van der Waals surface area contributed by atoms with Gasteiger partial charge in [-0.2, -0.15) is 5.10 Å². The first-order valence-corrected chi connectivity index (χ1v) is 7.36. The second-order valence-corrected chi connectivity index (χ2v) is 6.28. The zero-order chi connectivity index (χ0) is 16.3. The Balaban J connectivity index is 2.06. The molecule has 2 aromatic rings. The zero-order valence-electron chi connectivity index (χ0n) is 12.5. The molecular formula is C13H17N5O3S. The van der Waals surface area contributed by atoms with Crippen LogP contribution in [-0.4, -0.2) is 37.4 Å². The molecule has 22 heavy (non-hydrogen) atoms. The van der Waals surface area contributed by atoms with Crippen LogP contribution in [0.25, 0.3) is 0 Å². The maximum absolute atomic E-state index is 12.0. The minimum absolute atomic E-state index is 0.0126. The molecule has 3 N–H and O–H groups in total. The van der Waals surface area contributed by atoms with E-state index >= 15 is 0 Å². The van der Waals surface area contributed by atoms with Crippen LogP contribution in [0.4, 0.5) is 9.93 Å². The number of aromatic nitrogens is 3. The van der Waals surface area contributed by atoms with E-state index in [0.29, 0.717) is 5.13 Å². The van der Waals surface area contributed by atoms with Gasteiger partial charge in [-0.25, -0.2) is 14.6 Å². The van der Waals surface area contributed by atoms with E-state index in [1.165, 1.54) is 22.9 Å². The van der Waals surface area contributed by atoms with Gasteiger partial charge in [-0.3, -0.25) is 10.00 Å². The molecule has 0 radical (unpaired) electrons. The van der Waals surface area contributed by atoms with Gasteiger partial charge in [0.1, 0.15) is 0 Å². The van der Waals surface area contributed by atoms with E-state index in [4.69, 9.17) is 0 Å². The normalized spacial score (nSPS) is 13.4. The number of rotatable bonds is 5. The highest BCUT2D eigenvalue weighted by atomic mass is 32.1. The third-order valence-corrected chi connectivity index (χ3v) is 4.14. The second-order valence-electron chi connectivity index (χ2n) is 5.08. The second kappa shape index (κ2) is 6.14. The lowest BCUT2D eigenvalue weighted by Crippen LogP contribution is -2.56. The number of urea groups is 1. The topological polar surface area (TPSA) is 109 Å². The Labute approximate surface area is 131 Å². The molecule has 118 valence electrons. The standard InChI is InChI=1S/C13H17N5O3S/c1-8-9(2)22-12(15-8)16-11(21)17-13(3,10(19)20)7-18-6-4-5-14-18/h4-6H,7H2,1-3H3,(H,19,20)(H2,15,16,17,21). The Morgan fingerprint density at radius 2 is 2.18 bits per heavy atom. The molecular weight excluding hydrogens is 306 g/mol. The van der Waals surface area contributed by atoms with Crippen LogP contribution in [0.5, 0.6) is 0 Å². The van der Waals surface area contributed by atoms with Crippen molar-refractivity contribution in [2.24, 2.45) is 0 Å². The number of anilines is 1. The van der Waals surface area contributed by atoms with Crippen molar-refractivity contribution in [2.45, 2.75) is 32.9 Å². The highest BCUT2D eigenvalue weighted by Crippen LogP contribution is 2.21. The summed E-state index contributed by atoms with van der Waals surface area (Å²) in [4.78, 5) is 28.7. The number of nitrogens with one attached hydrogen (secondary N) is 2. The van der Waals surface area contributed by atoms with Gasteiger partial charge in [-0.05, 0) is 26.8 Å². The number of carbonyl (C=O) groups excluding carboxylic acids is 1. The highest BCUT2D eigenvalue weighted by Gasteiger charge is 2.36. The van der Waals surface area contributed by atoms with Crippen LogP contribution in [0.15, 0.2) is 18.5 Å². The molecule has 1 unspecified atom stereocenters. The fourth-order valence-corrected chi connectivity index (χ4v) is 2.59. The van der Waals surface area contributed by atoms with Gasteiger partial charge in [0, 0.05) is 17.3 Å². The van der Waals surface area contributed by atoms with Crippen LogP contribution < -0.4 is 10.6 Å². The van der Waals surface area contributed by atoms with Crippen molar-refractivity contribution >= 4 is 28.5 Å². The predicted octanol–water partition coefficient (Wildman–Crippen LogP) is 1.62. The maximum Gasteiger partial charge on any atom is 0.331 e. The fraction of sp³-hybridized carbons (Fsp3) is 0.385. The van der Waals surface area contributed by atoms with Gasteiger partial charge in [-0.1, -0.05) is 0 Å². The summed E-state index contributed by atoms with van der Waals surface area (Å²) < 4.78 is 1.45. The van der Waals surface area contributed by atoms with Crippen LogP contribution >= 0.6 is 11.3 Å². The van der Waals surface area contributed by atoms with Crippen molar-refractivity contribution in [3.8, 4) is 0 Å². The molecule has 1 atom stereocenters. The number of aryl methyl sites for hydroxylation is 2. The summed E-state index contributed by atoms with van der Waals surface area (Å²) >= 11 is 1.33. The summed E-state index contributed by atoms with van der Waals surface area (Å²) in [5, 5.41) is 18.8. The lowest BCUT2D eigenvalue weighted by Gasteiger charge is -2.25. The minimum Gasteiger partial charge on any atom is -0.479 e. The van der Waals surface area contributed by atoms with E-state index < -0.39 is 17.5 Å². The van der Waals surface area contributed by atoms with Crippen molar-refractivity contribution < 1.29 is 14.7 Å². The number of thiazole rings is 1. The van der Waals surface area contributed by atoms with Crippen molar-refractivity contribution in [1.82, 2.24) is 20.1 Å². The van der Waals surface area contributed by atoms with Gasteiger partial charge < -0.3 is 10.4 Å². The molecule has 0 saturated carbocycles. The minimum atomic E-state index is -1.49. The van der Waals surface area contributed by atoms with E-state index in [9.17, 15) is 14.7 Å². The Morgan fingerprint density at radius 1 is 1.45 bits per heavy atom. The molecule has 8 nitrogen and oxygen atoms in total. The summed E-state index contributed by atoms with van der Waals surface area (Å²) in [6.07, 6.45) is 3.18. The summed E-state index contributed by atoms with van der Waals surface area (Å²) in [5.41, 5.74) is -0.657. The quantitative estimate of drug-likeness (QED) is 0.774. The van der Waals surface area contributed by atoms with Crippen molar-refractivity contribution in [3.63, 3.8) is 0 Å². The van der Waals surface area contributed by atoms with Gasteiger partial charge in [0.2, 0.25) is 0 Å². The highest BCUT2D eigenvalue weighted by molar-refractivity contribution is 7.15. The van der Waals surface area contributed by atoms with Crippen LogP contribution in [0.1, 0.15) is 17.5 Å². The smallest absolute Gasteiger partial charge is 0.331 e. The maximum atomic E-state index is 12.0. The molecule has 2 heterocycles. The number of carboxylic acids is 1. The third-order valence-electron chi connectivity index (χ3n) is 3.15. The number of carbonyl (C=O) groups is 2. The van der Waals surface area contributed by atoms with Crippen molar-refractivity contribution in [3.05, 3.63) is 29.0 Å². The molecule has 0 aliphatic rings. The summed E-state index contributed by atoms with van der Waals surface area (Å²) in [7, 11) is 0. The fourth-order valence-electron chi connectivity index (χ4n) is 1.78. The van der Waals surface area contributed by atoms with Crippen LogP contribution in [0.2, 0.25) is 0 Å². The van der Waals surface area contributed by atoms with Gasteiger partial charge in [0.25, 0.3) is 0 Å². The monoisotopic (exact) mass is 323 g/mol. The van der Waals surface area contributed by atoms with Gasteiger partial charge >= 0.3 is 12.0 Å². The van der Waals surface area contributed by atoms with E-state index in [1.807, 2.05) is 13.8 Å². The summed E-state index contributed by atoms with van der Waals surface area (Å²) in [6, 6.07) is 1.06. The average molecular weight is 323 g/mol. The Kier molecular flexibility index (Phi) is 4.45. The summed E-state index contributed by atoms with van der Waals surface area (Å²) in [5.74, 6) is -1.15. The Bertz CT molecular complexity index is 662. The Hall–Kier alpha value is -2.42. The molecule has 2 rings (SSSR count). The number of carboxylic acid groups (broad SMARTS) is 1. The van der Waals surface area contributed by atoms with Crippen molar-refractivity contribution in [1.29, 1.82) is 0 Å². The molecule has 0 aromatic carbocycles. The van der Waals surface area contributed by atoms with E-state index in [2.05, 4.69) is 20.7 Å². The van der Waals surface area contributed by atoms with Crippen LogP contribution in [0, 0.1) is 13.8 Å². The van der Waals surface area contributed by atoms with E-state index in [-0.39, 0.29) is 6.54 Å². The lowest BCUT2D eigenvalue weighted by atomic mass is 10.0. The van der Waals surface area contributed by atoms with E-state index in [1.54, 1.807) is 18.5 Å². The molecule has 0 aliphatic carbocycles. The summed E-state index contributed by atoms with van der Waals surface area (Å²) in [6.45, 7) is 5.18. The molecule has 2 aromatic heterocycles. The predicted molar refractivity (Wildman–Crippen MR) is 82.0 cm³/mol. The number of amides is 2. The molecule has 0 bridgehead atoms. The number of hydrogen-bond acceptors (Lipinski definition) is 5. The molecule has 9 heteroatoms. The SMILES string of the molecule is Cc1nc(NC(=O)NC(C)(Cn2cccn2)C(=O)O)sc1C. The molecule has 0 spiro atoms. The van der Waals surface area contributed by atoms with Gasteiger partial charge in [0.05, 0.1) is 12.2 Å². The zero-order valence-corrected chi connectivity index (χ0v) is 13.3. The average Bonchev–Trinajstić information content (AvgIpc) is 3.00. The van der Waals surface area contributed by atoms with Gasteiger partial charge in [0.15, 0.2) is 10.7 Å². The number of aliphatic carboxylic acids is 1. The Morgan fingerprint density at radius 3 is 2.68 bits per heavy atom. The molecule has 0 fully saturated rings. The van der Waals surface area contributed by atoms with Crippen molar-refractivity contribution in [2.75, 3.05) is 5.32 Å². The largest absolute Gasteiger partial charge is 0.479 e. The third kappa shape index (κ3) is 3.61. The van der Waals surface area contributed by atoms with Gasteiger partial charge in [-0.15, -0.1) is 11.3 Å². The first kappa shape index (κ1) is 16.0. The number of hydrogen-bond donors (Lipinski definition) is 3. The first-order chi connectivity index (χ1) is 10.3. The van der Waals surface area contributed by atoms with Crippen LogP contribution in [-0.2, 0) is 11.3 Å². The van der Waals surface area contributed by atoms with E-state index in [0.717, 1.165) is 10.6 Å². The first-order valence-electron chi connectivity index (χ1n) is 6.54. The molecule has 2 amide bonds.